The highest BCUT2D eigenvalue weighted by Crippen LogP contribution is 2.24. The molecule has 0 fully saturated rings. The first kappa shape index (κ1) is 12.8. The molecule has 0 N–H and O–H groups in total. The molecule has 0 amide bonds. The van der Waals surface area contributed by atoms with Gasteiger partial charge in [-0.3, -0.25) is 0 Å². The normalized spacial score (nSPS) is 10.2. The van der Waals surface area contributed by atoms with E-state index in [1.165, 1.54) is 13.2 Å². The lowest BCUT2D eigenvalue weighted by Gasteiger charge is -2.05. The topological polar surface area (TPSA) is 26.3 Å². The first-order valence-corrected chi connectivity index (χ1v) is 6.04. The molecule has 2 nitrogen and oxygen atoms in total. The second-order valence-electron chi connectivity index (χ2n) is 3.73. The van der Waals surface area contributed by atoms with Crippen molar-refractivity contribution in [2.24, 2.45) is 0 Å². The van der Waals surface area contributed by atoms with Crippen LogP contribution in [0, 0.1) is 5.82 Å². The molecule has 0 radical (unpaired) electrons. The van der Waals surface area contributed by atoms with E-state index in [1.807, 2.05) is 24.3 Å². The van der Waals surface area contributed by atoms with Crippen LogP contribution in [0.5, 0.6) is 0 Å². The number of esters is 1. The predicted octanol–water partition coefficient (Wildman–Crippen LogP) is 4.04. The van der Waals surface area contributed by atoms with E-state index in [0.717, 1.165) is 16.1 Å². The Labute approximate surface area is 113 Å². The summed E-state index contributed by atoms with van der Waals surface area (Å²) in [6, 6.07) is 11.6. The lowest BCUT2D eigenvalue weighted by molar-refractivity contribution is 0.0600. The number of halogens is 2. The smallest absolute Gasteiger partial charge is 0.337 e. The summed E-state index contributed by atoms with van der Waals surface area (Å²) < 4.78 is 19.0. The maximum atomic E-state index is 13.5. The number of carbonyl (C=O) groups excluding carboxylic acids is 1. The van der Waals surface area contributed by atoms with Crippen LogP contribution in [0.3, 0.4) is 0 Å². The Morgan fingerprint density at radius 2 is 1.78 bits per heavy atom. The van der Waals surface area contributed by atoms with E-state index < -0.39 is 11.8 Å². The fraction of sp³-hybridized carbons (Fsp3) is 0.0714. The summed E-state index contributed by atoms with van der Waals surface area (Å²) in [6.45, 7) is 0. The van der Waals surface area contributed by atoms with Gasteiger partial charge in [-0.1, -0.05) is 28.1 Å². The maximum Gasteiger partial charge on any atom is 0.337 e. The maximum absolute atomic E-state index is 13.5. The third-order valence-corrected chi connectivity index (χ3v) is 3.03. The summed E-state index contributed by atoms with van der Waals surface area (Å²) in [5, 5.41) is 0. The van der Waals surface area contributed by atoms with Gasteiger partial charge in [0.2, 0.25) is 0 Å². The summed E-state index contributed by atoms with van der Waals surface area (Å²) in [5.74, 6) is -1.01. The van der Waals surface area contributed by atoms with Crippen LogP contribution >= 0.6 is 15.9 Å². The number of hydrogen-bond acceptors (Lipinski definition) is 2. The van der Waals surface area contributed by atoms with Crippen molar-refractivity contribution in [2.75, 3.05) is 7.11 Å². The number of benzene rings is 2. The first-order chi connectivity index (χ1) is 8.60. The molecule has 18 heavy (non-hydrogen) atoms. The zero-order chi connectivity index (χ0) is 13.1. The van der Waals surface area contributed by atoms with E-state index in [0.29, 0.717) is 5.56 Å². The Morgan fingerprint density at radius 1 is 1.11 bits per heavy atom. The van der Waals surface area contributed by atoms with E-state index >= 15 is 0 Å². The molecule has 92 valence electrons. The van der Waals surface area contributed by atoms with Crippen molar-refractivity contribution in [2.45, 2.75) is 0 Å². The summed E-state index contributed by atoms with van der Waals surface area (Å²) in [6.07, 6.45) is 0. The van der Waals surface area contributed by atoms with Crippen molar-refractivity contribution >= 4 is 21.9 Å². The fourth-order valence-corrected chi connectivity index (χ4v) is 1.90. The first-order valence-electron chi connectivity index (χ1n) is 5.25. The van der Waals surface area contributed by atoms with Gasteiger partial charge in [0.1, 0.15) is 5.82 Å². The number of rotatable bonds is 2. The van der Waals surface area contributed by atoms with E-state index in [2.05, 4.69) is 20.7 Å². The summed E-state index contributed by atoms with van der Waals surface area (Å²) in [4.78, 5) is 11.4. The van der Waals surface area contributed by atoms with Crippen molar-refractivity contribution in [1.82, 2.24) is 0 Å². The van der Waals surface area contributed by atoms with Gasteiger partial charge in [0.15, 0.2) is 0 Å². The molecule has 0 spiro atoms. The zero-order valence-corrected chi connectivity index (χ0v) is 11.2. The molecule has 0 aliphatic rings. The van der Waals surface area contributed by atoms with Crippen LogP contribution in [0.15, 0.2) is 46.9 Å². The average molecular weight is 309 g/mol. The Morgan fingerprint density at radius 3 is 2.39 bits per heavy atom. The average Bonchev–Trinajstić information content (AvgIpc) is 2.38. The van der Waals surface area contributed by atoms with Crippen LogP contribution in [-0.4, -0.2) is 13.1 Å². The highest BCUT2D eigenvalue weighted by atomic mass is 79.9. The quantitative estimate of drug-likeness (QED) is 0.783. The highest BCUT2D eigenvalue weighted by Gasteiger charge is 2.09. The molecular weight excluding hydrogens is 299 g/mol. The summed E-state index contributed by atoms with van der Waals surface area (Å²) >= 11 is 3.33. The van der Waals surface area contributed by atoms with Gasteiger partial charge >= 0.3 is 5.97 Å². The van der Waals surface area contributed by atoms with E-state index in [-0.39, 0.29) is 5.56 Å². The highest BCUT2D eigenvalue weighted by molar-refractivity contribution is 9.10. The molecular formula is C14H10BrFO2. The predicted molar refractivity (Wildman–Crippen MR) is 70.9 cm³/mol. The van der Waals surface area contributed by atoms with Gasteiger partial charge in [0, 0.05) is 4.47 Å². The third kappa shape index (κ3) is 2.76. The Bertz CT molecular complexity index is 579. The lowest BCUT2D eigenvalue weighted by atomic mass is 10.0. The van der Waals surface area contributed by atoms with E-state index in [4.69, 9.17) is 0 Å². The van der Waals surface area contributed by atoms with Crippen molar-refractivity contribution in [3.05, 3.63) is 58.3 Å². The van der Waals surface area contributed by atoms with Crippen molar-refractivity contribution in [3.8, 4) is 11.1 Å². The number of hydrogen-bond donors (Lipinski definition) is 0. The molecule has 0 saturated carbocycles. The summed E-state index contributed by atoms with van der Waals surface area (Å²) in [7, 11) is 1.27. The zero-order valence-electron chi connectivity index (χ0n) is 9.61. The summed E-state index contributed by atoms with van der Waals surface area (Å²) in [5.41, 5.74) is 1.68. The standard InChI is InChI=1S/C14H10BrFO2/c1-18-14(17)11-6-10(7-13(16)8-11)9-2-4-12(15)5-3-9/h2-8H,1H3. The van der Waals surface area contributed by atoms with E-state index in [9.17, 15) is 9.18 Å². The molecule has 0 aliphatic heterocycles. The fourth-order valence-electron chi connectivity index (χ4n) is 1.63. The molecule has 2 aromatic rings. The lowest BCUT2D eigenvalue weighted by Crippen LogP contribution is -2.02. The van der Waals surface area contributed by atoms with Gasteiger partial charge in [-0.15, -0.1) is 0 Å². The SMILES string of the molecule is COC(=O)c1cc(F)cc(-c2ccc(Br)cc2)c1. The minimum Gasteiger partial charge on any atom is -0.465 e. The van der Waals surface area contributed by atoms with Gasteiger partial charge < -0.3 is 4.74 Å². The van der Waals surface area contributed by atoms with Crippen LogP contribution < -0.4 is 0 Å². The van der Waals surface area contributed by atoms with Gasteiger partial charge in [-0.2, -0.15) is 0 Å². The van der Waals surface area contributed by atoms with Gasteiger partial charge in [-0.05, 0) is 41.5 Å². The van der Waals surface area contributed by atoms with Crippen LogP contribution in [-0.2, 0) is 4.74 Å². The number of methoxy groups -OCH3 is 1. The molecule has 2 rings (SSSR count). The Hall–Kier alpha value is -1.68. The van der Waals surface area contributed by atoms with Gasteiger partial charge in [-0.25, -0.2) is 9.18 Å². The molecule has 0 aromatic heterocycles. The molecule has 0 aliphatic carbocycles. The molecule has 0 saturated heterocycles. The minimum atomic E-state index is -0.548. The second kappa shape index (κ2) is 5.31. The molecule has 0 unspecified atom stereocenters. The van der Waals surface area contributed by atoms with Crippen molar-refractivity contribution in [1.29, 1.82) is 0 Å². The van der Waals surface area contributed by atoms with Crippen LogP contribution in [0.2, 0.25) is 0 Å². The van der Waals surface area contributed by atoms with Crippen LogP contribution in [0.1, 0.15) is 10.4 Å². The van der Waals surface area contributed by atoms with Crippen LogP contribution in [0.25, 0.3) is 11.1 Å². The van der Waals surface area contributed by atoms with E-state index in [1.54, 1.807) is 6.07 Å². The Balaban J connectivity index is 2.48. The molecule has 0 heterocycles. The number of carbonyl (C=O) groups is 1. The van der Waals surface area contributed by atoms with Crippen molar-refractivity contribution < 1.29 is 13.9 Å². The minimum absolute atomic E-state index is 0.204. The molecule has 2 aromatic carbocycles. The van der Waals surface area contributed by atoms with Gasteiger partial charge in [0.05, 0.1) is 12.7 Å². The third-order valence-electron chi connectivity index (χ3n) is 2.50. The molecule has 0 atom stereocenters. The Kier molecular flexibility index (Phi) is 3.77. The molecule has 0 bridgehead atoms. The number of ether oxygens (including phenoxy) is 1. The monoisotopic (exact) mass is 308 g/mol. The van der Waals surface area contributed by atoms with Crippen LogP contribution in [0.4, 0.5) is 4.39 Å². The largest absolute Gasteiger partial charge is 0.465 e. The molecule has 4 heteroatoms. The second-order valence-corrected chi connectivity index (χ2v) is 4.64. The van der Waals surface area contributed by atoms with Gasteiger partial charge in [0.25, 0.3) is 0 Å². The van der Waals surface area contributed by atoms with Crippen molar-refractivity contribution in [3.63, 3.8) is 0 Å².